The zero-order valence-corrected chi connectivity index (χ0v) is 12.6. The number of anilines is 2. The summed E-state index contributed by atoms with van der Waals surface area (Å²) in [4.78, 5) is 4.21. The molecule has 1 heterocycles. The van der Waals surface area contributed by atoms with Crippen molar-refractivity contribution in [2.45, 2.75) is 26.5 Å². The number of nitrogens with two attached hydrogens (primary N) is 1. The number of benzene rings is 1. The molecule has 0 amide bonds. The Bertz CT molecular complexity index is 634. The number of hydrogen-bond donors (Lipinski definition) is 2. The Morgan fingerprint density at radius 2 is 2.19 bits per heavy atom. The monoisotopic (exact) mass is 309 g/mol. The van der Waals surface area contributed by atoms with Gasteiger partial charge in [-0.15, -0.1) is 0 Å². The van der Waals surface area contributed by atoms with Gasteiger partial charge in [0.25, 0.3) is 0 Å². The highest BCUT2D eigenvalue weighted by molar-refractivity contribution is 6.31. The summed E-state index contributed by atoms with van der Waals surface area (Å²) >= 11 is 5.76. The standard InChI is InChI=1S/C15H17ClFN3O/c1-9(2)21-15-10(4-3-5-19-15)8-20-14-6-11(16)12(17)7-13(14)18/h3-7,9,20H,8,18H2,1-2H3. The normalized spacial score (nSPS) is 10.7. The van der Waals surface area contributed by atoms with E-state index in [-0.39, 0.29) is 11.1 Å². The fraction of sp³-hybridized carbons (Fsp3) is 0.267. The van der Waals surface area contributed by atoms with Crippen molar-refractivity contribution >= 4 is 23.0 Å². The topological polar surface area (TPSA) is 60.2 Å². The molecular formula is C15H17ClFN3O. The minimum Gasteiger partial charge on any atom is -0.475 e. The minimum atomic E-state index is -0.537. The van der Waals surface area contributed by atoms with E-state index in [1.807, 2.05) is 26.0 Å². The van der Waals surface area contributed by atoms with E-state index >= 15 is 0 Å². The quantitative estimate of drug-likeness (QED) is 0.823. The molecular weight excluding hydrogens is 293 g/mol. The zero-order valence-electron chi connectivity index (χ0n) is 11.9. The first kappa shape index (κ1) is 15.4. The van der Waals surface area contributed by atoms with Crippen LogP contribution in [0.4, 0.5) is 15.8 Å². The van der Waals surface area contributed by atoms with Gasteiger partial charge in [-0.05, 0) is 26.0 Å². The number of aromatic nitrogens is 1. The molecule has 0 saturated heterocycles. The third-order valence-corrected chi connectivity index (χ3v) is 3.05. The van der Waals surface area contributed by atoms with Gasteiger partial charge in [0.1, 0.15) is 5.82 Å². The first-order valence-electron chi connectivity index (χ1n) is 6.56. The summed E-state index contributed by atoms with van der Waals surface area (Å²) in [6.45, 7) is 4.31. The highest BCUT2D eigenvalue weighted by Crippen LogP contribution is 2.27. The summed E-state index contributed by atoms with van der Waals surface area (Å²) < 4.78 is 18.9. The largest absolute Gasteiger partial charge is 0.475 e. The minimum absolute atomic E-state index is 0.0246. The number of pyridine rings is 1. The fourth-order valence-corrected chi connectivity index (χ4v) is 1.96. The Kier molecular flexibility index (Phi) is 4.85. The van der Waals surface area contributed by atoms with E-state index in [0.717, 1.165) is 5.56 Å². The Labute approximate surface area is 128 Å². The molecule has 0 fully saturated rings. The van der Waals surface area contributed by atoms with E-state index in [0.29, 0.717) is 23.8 Å². The van der Waals surface area contributed by atoms with Crippen molar-refractivity contribution in [3.05, 3.63) is 46.9 Å². The van der Waals surface area contributed by atoms with Crippen LogP contribution in [-0.2, 0) is 6.54 Å². The average Bonchev–Trinajstić information content (AvgIpc) is 2.42. The van der Waals surface area contributed by atoms with Gasteiger partial charge in [-0.3, -0.25) is 0 Å². The number of ether oxygens (including phenoxy) is 1. The van der Waals surface area contributed by atoms with Crippen LogP contribution in [0.5, 0.6) is 5.88 Å². The maximum absolute atomic E-state index is 13.3. The smallest absolute Gasteiger partial charge is 0.218 e. The molecule has 0 saturated carbocycles. The van der Waals surface area contributed by atoms with Gasteiger partial charge in [0.15, 0.2) is 0 Å². The molecule has 0 aliphatic carbocycles. The van der Waals surface area contributed by atoms with Crippen molar-refractivity contribution in [2.24, 2.45) is 0 Å². The van der Waals surface area contributed by atoms with Crippen molar-refractivity contribution in [3.63, 3.8) is 0 Å². The number of nitrogens with zero attached hydrogens (tertiary/aromatic N) is 1. The van der Waals surface area contributed by atoms with Gasteiger partial charge in [0.2, 0.25) is 5.88 Å². The van der Waals surface area contributed by atoms with Crippen molar-refractivity contribution in [3.8, 4) is 5.88 Å². The highest BCUT2D eigenvalue weighted by atomic mass is 35.5. The van der Waals surface area contributed by atoms with Crippen LogP contribution >= 0.6 is 11.6 Å². The van der Waals surface area contributed by atoms with E-state index in [1.165, 1.54) is 12.1 Å². The van der Waals surface area contributed by atoms with Crippen LogP contribution in [0.3, 0.4) is 0 Å². The number of rotatable bonds is 5. The molecule has 0 unspecified atom stereocenters. The van der Waals surface area contributed by atoms with E-state index < -0.39 is 5.82 Å². The number of nitrogen functional groups attached to an aromatic ring is 1. The SMILES string of the molecule is CC(C)Oc1ncccc1CNc1cc(Cl)c(F)cc1N. The molecule has 112 valence electrons. The van der Waals surface area contributed by atoms with E-state index in [2.05, 4.69) is 10.3 Å². The maximum atomic E-state index is 13.3. The van der Waals surface area contributed by atoms with E-state index in [4.69, 9.17) is 22.1 Å². The Hall–Kier alpha value is -2.01. The van der Waals surface area contributed by atoms with Gasteiger partial charge in [-0.2, -0.15) is 0 Å². The highest BCUT2D eigenvalue weighted by Gasteiger charge is 2.09. The molecule has 3 N–H and O–H groups in total. The Morgan fingerprint density at radius 3 is 2.90 bits per heavy atom. The molecule has 0 atom stereocenters. The van der Waals surface area contributed by atoms with Crippen LogP contribution in [0.2, 0.25) is 5.02 Å². The van der Waals surface area contributed by atoms with Crippen molar-refractivity contribution in [1.29, 1.82) is 0 Å². The second-order valence-corrected chi connectivity index (χ2v) is 5.25. The molecule has 21 heavy (non-hydrogen) atoms. The summed E-state index contributed by atoms with van der Waals surface area (Å²) in [7, 11) is 0. The van der Waals surface area contributed by atoms with Gasteiger partial charge in [-0.1, -0.05) is 17.7 Å². The molecule has 1 aromatic carbocycles. The fourth-order valence-electron chi connectivity index (χ4n) is 1.79. The molecule has 4 nitrogen and oxygen atoms in total. The van der Waals surface area contributed by atoms with Crippen LogP contribution in [0, 0.1) is 5.82 Å². The predicted molar refractivity (Wildman–Crippen MR) is 83.2 cm³/mol. The lowest BCUT2D eigenvalue weighted by atomic mass is 10.2. The third-order valence-electron chi connectivity index (χ3n) is 2.76. The summed E-state index contributed by atoms with van der Waals surface area (Å²) in [6.07, 6.45) is 1.70. The lowest BCUT2D eigenvalue weighted by molar-refractivity contribution is 0.230. The molecule has 0 spiro atoms. The number of hydrogen-bond acceptors (Lipinski definition) is 4. The molecule has 0 aliphatic rings. The molecule has 0 bridgehead atoms. The molecule has 2 rings (SSSR count). The van der Waals surface area contributed by atoms with E-state index in [9.17, 15) is 4.39 Å². The van der Waals surface area contributed by atoms with Crippen LogP contribution in [0.1, 0.15) is 19.4 Å². The first-order valence-corrected chi connectivity index (χ1v) is 6.94. The summed E-state index contributed by atoms with van der Waals surface area (Å²) in [5, 5.41) is 3.14. The molecule has 0 radical (unpaired) electrons. The number of nitrogens with one attached hydrogen (secondary N) is 1. The summed E-state index contributed by atoms with van der Waals surface area (Å²) in [6, 6.07) is 6.38. The van der Waals surface area contributed by atoms with Crippen molar-refractivity contribution in [2.75, 3.05) is 11.1 Å². The maximum Gasteiger partial charge on any atom is 0.218 e. The van der Waals surface area contributed by atoms with E-state index in [1.54, 1.807) is 6.20 Å². The molecule has 2 aromatic rings. The van der Waals surface area contributed by atoms with Crippen LogP contribution in [0.15, 0.2) is 30.5 Å². The van der Waals surface area contributed by atoms with Gasteiger partial charge >= 0.3 is 0 Å². The van der Waals surface area contributed by atoms with Gasteiger partial charge in [0.05, 0.1) is 22.5 Å². The lowest BCUT2D eigenvalue weighted by Crippen LogP contribution is -2.11. The van der Waals surface area contributed by atoms with Gasteiger partial charge in [0, 0.05) is 24.4 Å². The second kappa shape index (κ2) is 6.63. The predicted octanol–water partition coefficient (Wildman–Crippen LogP) is 3.86. The second-order valence-electron chi connectivity index (χ2n) is 4.84. The Balaban J connectivity index is 2.15. The third kappa shape index (κ3) is 3.98. The van der Waals surface area contributed by atoms with Crippen molar-refractivity contribution in [1.82, 2.24) is 4.98 Å². The van der Waals surface area contributed by atoms with Crippen LogP contribution < -0.4 is 15.8 Å². The van der Waals surface area contributed by atoms with Crippen LogP contribution in [-0.4, -0.2) is 11.1 Å². The van der Waals surface area contributed by atoms with Crippen molar-refractivity contribution < 1.29 is 9.13 Å². The summed E-state index contributed by atoms with van der Waals surface area (Å²) in [5.74, 6) is 0.0247. The summed E-state index contributed by atoms with van der Waals surface area (Å²) in [5.41, 5.74) is 7.51. The first-order chi connectivity index (χ1) is 9.97. The molecule has 6 heteroatoms. The molecule has 1 aromatic heterocycles. The van der Waals surface area contributed by atoms with Gasteiger partial charge < -0.3 is 15.8 Å². The van der Waals surface area contributed by atoms with Gasteiger partial charge in [-0.25, -0.2) is 9.37 Å². The zero-order chi connectivity index (χ0) is 15.4. The average molecular weight is 310 g/mol. The molecule has 0 aliphatic heterocycles. The Morgan fingerprint density at radius 1 is 1.43 bits per heavy atom. The van der Waals surface area contributed by atoms with Crippen LogP contribution in [0.25, 0.3) is 0 Å². The lowest BCUT2D eigenvalue weighted by Gasteiger charge is -2.14. The number of halogens is 2.